The van der Waals surface area contributed by atoms with E-state index in [-0.39, 0.29) is 36.3 Å². The normalized spacial score (nSPS) is 11.9. The van der Waals surface area contributed by atoms with Gasteiger partial charge in [-0.15, -0.1) is 24.0 Å². The number of aliphatic imine (C=N–C) groups is 1. The summed E-state index contributed by atoms with van der Waals surface area (Å²) in [5.74, 6) is 1.57. The number of imidazole rings is 1. The third-order valence-electron chi connectivity index (χ3n) is 4.66. The van der Waals surface area contributed by atoms with Crippen LogP contribution in [0.25, 0.3) is 11.0 Å². The molecule has 0 saturated heterocycles. The van der Waals surface area contributed by atoms with Crippen LogP contribution in [0.4, 0.5) is 13.2 Å². The van der Waals surface area contributed by atoms with Crippen molar-refractivity contribution in [1.82, 2.24) is 20.2 Å². The number of aryl methyl sites for hydroxylation is 2. The summed E-state index contributed by atoms with van der Waals surface area (Å²) in [6.07, 6.45) is -4.40. The largest absolute Gasteiger partial charge is 0.484 e. The number of benzene rings is 2. The number of hydrogen-bond acceptors (Lipinski definition) is 3. The molecule has 3 rings (SSSR count). The third-order valence-corrected chi connectivity index (χ3v) is 4.66. The molecule has 0 aliphatic heterocycles. The van der Waals surface area contributed by atoms with Gasteiger partial charge < -0.3 is 19.9 Å². The zero-order valence-corrected chi connectivity index (χ0v) is 20.5. The SMILES string of the molecule is CCNC(=NCc1ccc(C)cc1OCC(F)(F)F)NCc1nc2ccccc2n1C.I. The molecule has 174 valence electrons. The summed E-state index contributed by atoms with van der Waals surface area (Å²) in [4.78, 5) is 9.14. The van der Waals surface area contributed by atoms with Crippen molar-refractivity contribution in [2.45, 2.75) is 33.1 Å². The van der Waals surface area contributed by atoms with Crippen LogP contribution in [0.15, 0.2) is 47.5 Å². The Morgan fingerprint density at radius 1 is 1.16 bits per heavy atom. The zero-order chi connectivity index (χ0) is 22.4. The number of fused-ring (bicyclic) bond motifs is 1. The van der Waals surface area contributed by atoms with E-state index in [2.05, 4.69) is 20.6 Å². The molecule has 2 N–H and O–H groups in total. The van der Waals surface area contributed by atoms with Gasteiger partial charge in [0.25, 0.3) is 0 Å². The first-order chi connectivity index (χ1) is 14.8. The van der Waals surface area contributed by atoms with Crippen molar-refractivity contribution in [2.75, 3.05) is 13.2 Å². The van der Waals surface area contributed by atoms with Crippen molar-refractivity contribution in [3.63, 3.8) is 0 Å². The smallest absolute Gasteiger partial charge is 0.422 e. The minimum absolute atomic E-state index is 0. The number of aromatic nitrogens is 2. The van der Waals surface area contributed by atoms with Crippen LogP contribution in [0.1, 0.15) is 23.9 Å². The molecule has 0 bridgehead atoms. The molecule has 1 heterocycles. The highest BCUT2D eigenvalue weighted by Crippen LogP contribution is 2.24. The number of nitrogens with one attached hydrogen (secondary N) is 2. The summed E-state index contributed by atoms with van der Waals surface area (Å²) in [6, 6.07) is 13.0. The fraction of sp³-hybridized carbons (Fsp3) is 0.364. The van der Waals surface area contributed by atoms with Gasteiger partial charge in [-0.1, -0.05) is 24.3 Å². The fourth-order valence-electron chi connectivity index (χ4n) is 3.11. The molecule has 10 heteroatoms. The number of guanidine groups is 1. The Hall–Kier alpha value is -2.50. The lowest BCUT2D eigenvalue weighted by Gasteiger charge is -2.14. The first-order valence-electron chi connectivity index (χ1n) is 9.98. The van der Waals surface area contributed by atoms with Gasteiger partial charge in [0.2, 0.25) is 0 Å². The second-order valence-electron chi connectivity index (χ2n) is 7.14. The number of halogens is 4. The summed E-state index contributed by atoms with van der Waals surface area (Å²) in [6.45, 7) is 3.66. The molecular weight excluding hydrogens is 534 g/mol. The first-order valence-corrected chi connectivity index (χ1v) is 9.98. The van der Waals surface area contributed by atoms with Gasteiger partial charge in [0, 0.05) is 19.2 Å². The number of nitrogens with zero attached hydrogens (tertiary/aromatic N) is 3. The number of hydrogen-bond donors (Lipinski definition) is 2. The van der Waals surface area contributed by atoms with Crippen molar-refractivity contribution < 1.29 is 17.9 Å². The molecule has 6 nitrogen and oxygen atoms in total. The summed E-state index contributed by atoms with van der Waals surface area (Å²) in [7, 11) is 1.95. The van der Waals surface area contributed by atoms with E-state index in [1.807, 2.05) is 48.9 Å². The fourth-order valence-corrected chi connectivity index (χ4v) is 3.11. The summed E-state index contributed by atoms with van der Waals surface area (Å²) in [5.41, 5.74) is 3.34. The van der Waals surface area contributed by atoms with Crippen LogP contribution in [0, 0.1) is 6.92 Å². The van der Waals surface area contributed by atoms with Gasteiger partial charge in [-0.3, -0.25) is 0 Å². The number of alkyl halides is 3. The maximum atomic E-state index is 12.6. The molecular formula is C22H27F3IN5O. The van der Waals surface area contributed by atoms with Crippen molar-refractivity contribution in [1.29, 1.82) is 0 Å². The molecule has 2 aromatic carbocycles. The van der Waals surface area contributed by atoms with E-state index in [0.29, 0.717) is 24.6 Å². The maximum Gasteiger partial charge on any atom is 0.422 e. The number of ether oxygens (including phenoxy) is 1. The summed E-state index contributed by atoms with van der Waals surface area (Å²) in [5, 5.41) is 6.38. The van der Waals surface area contributed by atoms with Crippen LogP contribution in [0.5, 0.6) is 5.75 Å². The van der Waals surface area contributed by atoms with Crippen LogP contribution in [-0.4, -0.2) is 34.8 Å². The average Bonchev–Trinajstić information content (AvgIpc) is 3.05. The molecule has 32 heavy (non-hydrogen) atoms. The number of para-hydroxylation sites is 2. The van der Waals surface area contributed by atoms with Crippen molar-refractivity contribution in [3.8, 4) is 5.75 Å². The second kappa shape index (κ2) is 11.4. The average molecular weight is 561 g/mol. The second-order valence-corrected chi connectivity index (χ2v) is 7.14. The maximum absolute atomic E-state index is 12.6. The van der Waals surface area contributed by atoms with E-state index in [1.165, 1.54) is 0 Å². The highest BCUT2D eigenvalue weighted by molar-refractivity contribution is 14.0. The molecule has 0 radical (unpaired) electrons. The highest BCUT2D eigenvalue weighted by Gasteiger charge is 2.28. The zero-order valence-electron chi connectivity index (χ0n) is 18.2. The monoisotopic (exact) mass is 561 g/mol. The Bertz CT molecular complexity index is 1070. The van der Waals surface area contributed by atoms with Gasteiger partial charge in [-0.2, -0.15) is 13.2 Å². The summed E-state index contributed by atoms with van der Waals surface area (Å²) >= 11 is 0. The van der Waals surface area contributed by atoms with Gasteiger partial charge in [-0.05, 0) is 37.6 Å². The molecule has 0 fully saturated rings. The molecule has 1 aromatic heterocycles. The van der Waals surface area contributed by atoms with Crippen molar-refractivity contribution in [3.05, 3.63) is 59.4 Å². The third kappa shape index (κ3) is 7.01. The van der Waals surface area contributed by atoms with Gasteiger partial charge in [0.15, 0.2) is 12.6 Å². The highest BCUT2D eigenvalue weighted by atomic mass is 127. The van der Waals surface area contributed by atoms with Crippen LogP contribution in [0.2, 0.25) is 0 Å². The quantitative estimate of drug-likeness (QED) is 0.250. The Balaban J connectivity index is 0.00000363. The molecule has 3 aromatic rings. The van der Waals surface area contributed by atoms with Gasteiger partial charge >= 0.3 is 6.18 Å². The van der Waals surface area contributed by atoms with Gasteiger partial charge in [0.1, 0.15) is 11.6 Å². The predicted octanol–water partition coefficient (Wildman–Crippen LogP) is 4.70. The summed E-state index contributed by atoms with van der Waals surface area (Å²) < 4.78 is 44.7. The van der Waals surface area contributed by atoms with E-state index in [9.17, 15) is 13.2 Å². The molecule has 0 saturated carbocycles. The van der Waals surface area contributed by atoms with E-state index < -0.39 is 12.8 Å². The van der Waals surface area contributed by atoms with E-state index in [4.69, 9.17) is 4.74 Å². The lowest BCUT2D eigenvalue weighted by molar-refractivity contribution is -0.153. The molecule has 0 aliphatic rings. The lowest BCUT2D eigenvalue weighted by atomic mass is 10.1. The Labute approximate surface area is 202 Å². The molecule has 0 spiro atoms. The van der Waals surface area contributed by atoms with E-state index >= 15 is 0 Å². The van der Waals surface area contributed by atoms with Crippen LogP contribution in [0.3, 0.4) is 0 Å². The van der Waals surface area contributed by atoms with Crippen molar-refractivity contribution in [2.24, 2.45) is 12.0 Å². The minimum atomic E-state index is -4.40. The standard InChI is InChI=1S/C22H26F3N5O.HI/c1-4-26-21(28-13-20-29-17-7-5-6-8-18(17)30(20)3)27-12-16-10-9-15(2)11-19(16)31-14-22(23,24)25;/h5-11H,4,12-14H2,1-3H3,(H2,26,27,28);1H. The molecule has 0 aliphatic carbocycles. The van der Waals surface area contributed by atoms with Crippen LogP contribution < -0.4 is 15.4 Å². The lowest BCUT2D eigenvalue weighted by Crippen LogP contribution is -2.37. The van der Waals surface area contributed by atoms with E-state index in [1.54, 1.807) is 19.1 Å². The Morgan fingerprint density at radius 2 is 1.91 bits per heavy atom. The molecule has 0 atom stereocenters. The van der Waals surface area contributed by atoms with E-state index in [0.717, 1.165) is 22.4 Å². The topological polar surface area (TPSA) is 63.5 Å². The first kappa shape index (κ1) is 25.8. The number of rotatable bonds is 7. The van der Waals surface area contributed by atoms with Gasteiger partial charge in [-0.25, -0.2) is 9.98 Å². The van der Waals surface area contributed by atoms with Crippen LogP contribution >= 0.6 is 24.0 Å². The molecule has 0 amide bonds. The van der Waals surface area contributed by atoms with Crippen molar-refractivity contribution >= 4 is 41.0 Å². The van der Waals surface area contributed by atoms with Crippen LogP contribution in [-0.2, 0) is 20.1 Å². The Kier molecular flexibility index (Phi) is 9.17. The predicted molar refractivity (Wildman–Crippen MR) is 131 cm³/mol. The van der Waals surface area contributed by atoms with Gasteiger partial charge in [0.05, 0.1) is 24.1 Å². The Morgan fingerprint density at radius 3 is 2.59 bits per heavy atom. The molecule has 0 unspecified atom stereocenters. The minimum Gasteiger partial charge on any atom is -0.484 e.